The van der Waals surface area contributed by atoms with Gasteiger partial charge in [0.2, 0.25) is 0 Å². The minimum absolute atomic E-state index is 0.301. The van der Waals surface area contributed by atoms with E-state index in [2.05, 4.69) is 26.9 Å². The average Bonchev–Trinajstić information content (AvgIpc) is 3.25. The van der Waals surface area contributed by atoms with Crippen LogP contribution in [0.1, 0.15) is 12.8 Å². The van der Waals surface area contributed by atoms with Gasteiger partial charge in [-0.1, -0.05) is 0 Å². The standard InChI is InChI=1S/C23H27FN4O2S2/c24-20-1-2-22-19(15-20)16-23(31-22)32(29,30)28-13-11-26(12-14-28)17-18-5-9-27(10-6-18)21-3-7-25-8-4-21/h1-4,7-8,15-16,18H,5-6,9-14,17H2. The van der Waals surface area contributed by atoms with Crippen LogP contribution in [-0.4, -0.2) is 68.4 Å². The van der Waals surface area contributed by atoms with Gasteiger partial charge in [-0.15, -0.1) is 11.3 Å². The number of pyridine rings is 1. The topological polar surface area (TPSA) is 56.8 Å². The van der Waals surface area contributed by atoms with Crippen molar-refractivity contribution in [3.63, 3.8) is 0 Å². The fourth-order valence-corrected chi connectivity index (χ4v) is 7.65. The zero-order chi connectivity index (χ0) is 22.1. The Labute approximate surface area is 192 Å². The summed E-state index contributed by atoms with van der Waals surface area (Å²) in [5.74, 6) is 0.299. The zero-order valence-corrected chi connectivity index (χ0v) is 19.5. The summed E-state index contributed by atoms with van der Waals surface area (Å²) in [6.45, 7) is 5.64. The molecule has 9 heteroatoms. The number of thiophene rings is 1. The average molecular weight is 475 g/mol. The van der Waals surface area contributed by atoms with Gasteiger partial charge in [0, 0.05) is 68.6 Å². The Kier molecular flexibility index (Phi) is 6.16. The van der Waals surface area contributed by atoms with E-state index in [0.717, 1.165) is 50.3 Å². The molecular formula is C23H27FN4O2S2. The molecule has 2 aromatic heterocycles. The summed E-state index contributed by atoms with van der Waals surface area (Å²) in [5, 5.41) is 0.644. The van der Waals surface area contributed by atoms with Gasteiger partial charge < -0.3 is 9.80 Å². The quantitative estimate of drug-likeness (QED) is 0.565. The van der Waals surface area contributed by atoms with E-state index in [1.165, 1.54) is 29.2 Å². The molecule has 2 fully saturated rings. The molecule has 0 amide bonds. The monoisotopic (exact) mass is 474 g/mol. The van der Waals surface area contributed by atoms with Gasteiger partial charge in [-0.25, -0.2) is 12.8 Å². The number of hydrogen-bond donors (Lipinski definition) is 0. The molecule has 4 heterocycles. The van der Waals surface area contributed by atoms with Crippen molar-refractivity contribution in [2.24, 2.45) is 5.92 Å². The summed E-state index contributed by atoms with van der Waals surface area (Å²) in [6, 6.07) is 10.1. The predicted molar refractivity (Wildman–Crippen MR) is 126 cm³/mol. The lowest BCUT2D eigenvalue weighted by Crippen LogP contribution is -2.50. The fourth-order valence-electron chi connectivity index (χ4n) is 4.69. The van der Waals surface area contributed by atoms with Crippen LogP contribution in [0, 0.1) is 11.7 Å². The largest absolute Gasteiger partial charge is 0.371 e. The number of hydrogen-bond acceptors (Lipinski definition) is 6. The van der Waals surface area contributed by atoms with Gasteiger partial charge >= 0.3 is 0 Å². The van der Waals surface area contributed by atoms with Crippen molar-refractivity contribution >= 4 is 37.1 Å². The van der Waals surface area contributed by atoms with Crippen LogP contribution in [0.25, 0.3) is 10.1 Å². The summed E-state index contributed by atoms with van der Waals surface area (Å²) in [7, 11) is -3.54. The van der Waals surface area contributed by atoms with E-state index in [1.807, 2.05) is 12.4 Å². The number of rotatable bonds is 5. The Balaban J connectivity index is 1.15. The molecule has 0 spiro atoms. The lowest BCUT2D eigenvalue weighted by atomic mass is 9.95. The van der Waals surface area contributed by atoms with Crippen LogP contribution >= 0.6 is 11.3 Å². The zero-order valence-electron chi connectivity index (χ0n) is 17.9. The molecule has 2 saturated heterocycles. The van der Waals surface area contributed by atoms with Crippen LogP contribution in [0.2, 0.25) is 0 Å². The fraction of sp³-hybridized carbons (Fsp3) is 0.435. The van der Waals surface area contributed by atoms with Gasteiger partial charge in [-0.05, 0) is 60.5 Å². The van der Waals surface area contributed by atoms with Gasteiger partial charge in [0.1, 0.15) is 10.0 Å². The molecule has 6 nitrogen and oxygen atoms in total. The van der Waals surface area contributed by atoms with Crippen molar-refractivity contribution in [1.82, 2.24) is 14.2 Å². The van der Waals surface area contributed by atoms with E-state index in [9.17, 15) is 12.8 Å². The van der Waals surface area contributed by atoms with Crippen molar-refractivity contribution in [2.75, 3.05) is 50.7 Å². The molecule has 0 N–H and O–H groups in total. The Morgan fingerprint density at radius 3 is 2.41 bits per heavy atom. The summed E-state index contributed by atoms with van der Waals surface area (Å²) in [4.78, 5) is 8.91. The highest BCUT2D eigenvalue weighted by molar-refractivity contribution is 7.91. The second-order valence-corrected chi connectivity index (χ2v) is 11.8. The van der Waals surface area contributed by atoms with Gasteiger partial charge in [0.05, 0.1) is 0 Å². The lowest BCUT2D eigenvalue weighted by Gasteiger charge is -2.38. The molecule has 0 aliphatic carbocycles. The molecule has 3 aromatic rings. The lowest BCUT2D eigenvalue weighted by molar-refractivity contribution is 0.155. The Bertz CT molecular complexity index is 1170. The van der Waals surface area contributed by atoms with Crippen LogP contribution in [0.4, 0.5) is 10.1 Å². The Morgan fingerprint density at radius 2 is 1.69 bits per heavy atom. The number of benzene rings is 1. The maximum atomic E-state index is 13.5. The number of nitrogens with zero attached hydrogens (tertiary/aromatic N) is 4. The highest BCUT2D eigenvalue weighted by atomic mass is 32.2. The molecule has 5 rings (SSSR count). The smallest absolute Gasteiger partial charge is 0.252 e. The van der Waals surface area contributed by atoms with E-state index < -0.39 is 10.0 Å². The molecule has 2 aliphatic heterocycles. The molecule has 0 atom stereocenters. The first-order valence-corrected chi connectivity index (χ1v) is 13.3. The number of sulfonamides is 1. The third-order valence-corrected chi connectivity index (χ3v) is 10.0. The Morgan fingerprint density at radius 1 is 0.969 bits per heavy atom. The molecule has 2 aliphatic rings. The summed E-state index contributed by atoms with van der Waals surface area (Å²) >= 11 is 1.22. The minimum Gasteiger partial charge on any atom is -0.371 e. The normalized spacial score (nSPS) is 19.6. The van der Waals surface area contributed by atoms with Gasteiger partial charge in [-0.2, -0.15) is 4.31 Å². The molecule has 32 heavy (non-hydrogen) atoms. The Hall–Kier alpha value is -2.07. The highest BCUT2D eigenvalue weighted by Crippen LogP contribution is 2.32. The van der Waals surface area contributed by atoms with Crippen LogP contribution in [0.3, 0.4) is 0 Å². The van der Waals surface area contributed by atoms with Crippen LogP contribution < -0.4 is 4.90 Å². The number of anilines is 1. The summed E-state index contributed by atoms with van der Waals surface area (Å²) in [5.41, 5.74) is 1.24. The van der Waals surface area contributed by atoms with Crippen molar-refractivity contribution in [2.45, 2.75) is 17.1 Å². The van der Waals surface area contributed by atoms with Crippen molar-refractivity contribution < 1.29 is 12.8 Å². The SMILES string of the molecule is O=S(=O)(c1cc2cc(F)ccc2s1)N1CCN(CC2CCN(c3ccncc3)CC2)CC1. The summed E-state index contributed by atoms with van der Waals surface area (Å²) < 4.78 is 42.4. The van der Waals surface area contributed by atoms with Crippen LogP contribution in [0.5, 0.6) is 0 Å². The molecule has 0 saturated carbocycles. The molecule has 0 unspecified atom stereocenters. The third kappa shape index (κ3) is 4.52. The molecule has 0 bridgehead atoms. The van der Waals surface area contributed by atoms with E-state index in [-0.39, 0.29) is 5.82 Å². The van der Waals surface area contributed by atoms with Crippen LogP contribution in [0.15, 0.2) is 53.0 Å². The van der Waals surface area contributed by atoms with E-state index >= 15 is 0 Å². The predicted octanol–water partition coefficient (Wildman–Crippen LogP) is 3.66. The summed E-state index contributed by atoms with van der Waals surface area (Å²) in [6.07, 6.45) is 5.98. The highest BCUT2D eigenvalue weighted by Gasteiger charge is 2.31. The van der Waals surface area contributed by atoms with E-state index in [1.54, 1.807) is 16.4 Å². The molecular weight excluding hydrogens is 447 g/mol. The molecule has 0 radical (unpaired) electrons. The number of piperidine rings is 1. The molecule has 1 aromatic carbocycles. The van der Waals surface area contributed by atoms with Gasteiger partial charge in [0.15, 0.2) is 0 Å². The third-order valence-electron chi connectivity index (χ3n) is 6.54. The van der Waals surface area contributed by atoms with E-state index in [0.29, 0.717) is 28.6 Å². The van der Waals surface area contributed by atoms with Crippen LogP contribution in [-0.2, 0) is 10.0 Å². The minimum atomic E-state index is -3.54. The first-order valence-electron chi connectivity index (χ1n) is 11.1. The second-order valence-electron chi connectivity index (χ2n) is 8.59. The first-order chi connectivity index (χ1) is 15.5. The van der Waals surface area contributed by atoms with Gasteiger partial charge in [0.25, 0.3) is 10.0 Å². The number of aromatic nitrogens is 1. The second kappa shape index (κ2) is 9.05. The number of halogens is 1. The molecule has 170 valence electrons. The van der Waals surface area contributed by atoms with E-state index in [4.69, 9.17) is 0 Å². The van der Waals surface area contributed by atoms with Crippen molar-refractivity contribution in [1.29, 1.82) is 0 Å². The van der Waals surface area contributed by atoms with Crippen molar-refractivity contribution in [3.05, 3.63) is 54.6 Å². The maximum absolute atomic E-state index is 13.5. The van der Waals surface area contributed by atoms with Gasteiger partial charge in [-0.3, -0.25) is 4.98 Å². The first kappa shape index (κ1) is 21.8. The van der Waals surface area contributed by atoms with Crippen molar-refractivity contribution in [3.8, 4) is 0 Å². The number of piperazine rings is 1. The maximum Gasteiger partial charge on any atom is 0.252 e. The number of fused-ring (bicyclic) bond motifs is 1.